The predicted octanol–water partition coefficient (Wildman–Crippen LogP) is 2.74. The number of nitro benzene ring substituents is 1. The Hall–Kier alpha value is -4.65. The second-order valence-corrected chi connectivity index (χ2v) is 10.0. The molecule has 1 N–H and O–H groups in total. The van der Waals surface area contributed by atoms with Gasteiger partial charge in [-0.25, -0.2) is 4.99 Å². The fourth-order valence-corrected chi connectivity index (χ4v) is 5.79. The highest BCUT2D eigenvalue weighted by Crippen LogP contribution is 2.38. The summed E-state index contributed by atoms with van der Waals surface area (Å²) in [5.74, 6) is 0.192. The molecule has 1 aliphatic heterocycles. The third-order valence-corrected chi connectivity index (χ3v) is 7.82. The van der Waals surface area contributed by atoms with E-state index in [9.17, 15) is 24.8 Å². The summed E-state index contributed by atoms with van der Waals surface area (Å²) in [4.78, 5) is 45.3. The number of allylic oxidation sites excluding steroid dienone is 1. The van der Waals surface area contributed by atoms with Gasteiger partial charge in [-0.05, 0) is 45.0 Å². The number of phenols is 1. The molecule has 0 aliphatic carbocycles. The lowest BCUT2D eigenvalue weighted by Crippen LogP contribution is -2.43. The molecule has 0 radical (unpaired) electrons. The number of benzene rings is 2. The zero-order valence-electron chi connectivity index (χ0n) is 23.5. The summed E-state index contributed by atoms with van der Waals surface area (Å²) in [7, 11) is 4.28. The van der Waals surface area contributed by atoms with Crippen molar-refractivity contribution in [3.8, 4) is 23.0 Å². The number of hydrogen-bond acceptors (Lipinski definition) is 10. The van der Waals surface area contributed by atoms with Gasteiger partial charge in [-0.3, -0.25) is 24.3 Å². The van der Waals surface area contributed by atoms with E-state index in [2.05, 4.69) is 4.99 Å². The number of rotatable bonds is 9. The van der Waals surface area contributed by atoms with Gasteiger partial charge in [-0.2, -0.15) is 0 Å². The maximum Gasteiger partial charge on any atom is 0.274 e. The molecule has 2 aromatic carbocycles. The lowest BCUT2D eigenvalue weighted by atomic mass is 9.93. The van der Waals surface area contributed by atoms with Gasteiger partial charge in [0.25, 0.3) is 17.2 Å². The number of nitro groups is 1. The number of nitrogens with zero attached hydrogens (tertiary/aromatic N) is 4. The van der Waals surface area contributed by atoms with Gasteiger partial charge in [-0.1, -0.05) is 11.3 Å². The van der Waals surface area contributed by atoms with E-state index in [-0.39, 0.29) is 33.2 Å². The van der Waals surface area contributed by atoms with Crippen LogP contribution < -0.4 is 29.1 Å². The number of phenolic OH excluding ortho intramolecular Hbond substituents is 1. The molecule has 2 heterocycles. The Balaban J connectivity index is 2.06. The van der Waals surface area contributed by atoms with Crippen LogP contribution in [0.25, 0.3) is 6.08 Å². The highest BCUT2D eigenvalue weighted by Gasteiger charge is 2.36. The van der Waals surface area contributed by atoms with Crippen molar-refractivity contribution < 1.29 is 29.0 Å². The van der Waals surface area contributed by atoms with Gasteiger partial charge in [0.05, 0.1) is 48.1 Å². The molecule has 0 bridgehead atoms. The average Bonchev–Trinajstić information content (AvgIpc) is 3.27. The van der Waals surface area contributed by atoms with Crippen molar-refractivity contribution >= 4 is 29.0 Å². The van der Waals surface area contributed by atoms with Crippen LogP contribution in [-0.2, 0) is 4.79 Å². The summed E-state index contributed by atoms with van der Waals surface area (Å²) >= 11 is 1.03. The summed E-state index contributed by atoms with van der Waals surface area (Å²) in [6.07, 6.45) is 1.35. The quantitative estimate of drug-likeness (QED) is 0.299. The van der Waals surface area contributed by atoms with E-state index in [1.54, 1.807) is 30.0 Å². The first-order chi connectivity index (χ1) is 19.6. The molecule has 13 heteroatoms. The highest BCUT2D eigenvalue weighted by molar-refractivity contribution is 7.07. The molecule has 4 rings (SSSR count). The smallest absolute Gasteiger partial charge is 0.274 e. The maximum absolute atomic E-state index is 14.0. The number of likely N-dealkylation sites (N-methyl/N-ethyl adjacent to an activating group) is 1. The van der Waals surface area contributed by atoms with Crippen LogP contribution in [0.15, 0.2) is 51.4 Å². The van der Waals surface area contributed by atoms with Crippen LogP contribution in [0.3, 0.4) is 0 Å². The third kappa shape index (κ3) is 5.27. The van der Waals surface area contributed by atoms with Gasteiger partial charge < -0.3 is 24.2 Å². The largest absolute Gasteiger partial charge is 0.504 e. The Morgan fingerprint density at radius 3 is 2.41 bits per heavy atom. The SMILES string of the molecule is CCN(CC)C(=O)C1=C(C)N=c2s/c(=C\c3cc([N+](=O)[O-])cc(OC)c3O)c(=O)n2[C@H]1c1cc(OC)ccc1OC. The normalized spacial score (nSPS) is 14.8. The van der Waals surface area contributed by atoms with Crippen molar-refractivity contribution in [2.45, 2.75) is 26.8 Å². The molecule has 0 unspecified atom stereocenters. The molecule has 0 fully saturated rings. The number of aromatic nitrogens is 1. The number of carbonyl (C=O) groups is 1. The number of thiazole rings is 1. The third-order valence-electron chi connectivity index (χ3n) is 6.84. The maximum atomic E-state index is 14.0. The van der Waals surface area contributed by atoms with Crippen molar-refractivity contribution in [3.63, 3.8) is 0 Å². The van der Waals surface area contributed by atoms with Crippen molar-refractivity contribution in [2.24, 2.45) is 4.99 Å². The second kappa shape index (κ2) is 11.8. The summed E-state index contributed by atoms with van der Waals surface area (Å²) in [5.41, 5.74) is 0.450. The minimum absolute atomic E-state index is 0.0204. The Labute approximate surface area is 239 Å². The molecule has 41 heavy (non-hydrogen) atoms. The van der Waals surface area contributed by atoms with Gasteiger partial charge in [0.2, 0.25) is 0 Å². The van der Waals surface area contributed by atoms with E-state index in [1.807, 2.05) is 13.8 Å². The topological polar surface area (TPSA) is 146 Å². The van der Waals surface area contributed by atoms with Gasteiger partial charge in [0.1, 0.15) is 17.5 Å². The Kier molecular flexibility index (Phi) is 8.47. The van der Waals surface area contributed by atoms with E-state index < -0.39 is 16.5 Å². The van der Waals surface area contributed by atoms with Gasteiger partial charge in [0, 0.05) is 30.3 Å². The zero-order chi connectivity index (χ0) is 30.0. The highest BCUT2D eigenvalue weighted by atomic mass is 32.1. The summed E-state index contributed by atoms with van der Waals surface area (Å²) < 4.78 is 17.7. The molecule has 12 nitrogen and oxygen atoms in total. The Morgan fingerprint density at radius 1 is 1.15 bits per heavy atom. The minimum Gasteiger partial charge on any atom is -0.504 e. The molecule has 1 aromatic heterocycles. The molecule has 1 aliphatic rings. The van der Waals surface area contributed by atoms with Crippen LogP contribution in [0.4, 0.5) is 5.69 Å². The summed E-state index contributed by atoms with van der Waals surface area (Å²) in [6.45, 7) is 6.35. The summed E-state index contributed by atoms with van der Waals surface area (Å²) in [5, 5.41) is 22.2. The lowest BCUT2D eigenvalue weighted by molar-refractivity contribution is -0.385. The molecular weight excluding hydrogens is 552 g/mol. The van der Waals surface area contributed by atoms with Crippen LogP contribution in [0.2, 0.25) is 0 Å². The number of non-ortho nitro benzene ring substituents is 1. The fraction of sp³-hybridized carbons (Fsp3) is 0.321. The van der Waals surface area contributed by atoms with Crippen LogP contribution in [0.5, 0.6) is 23.0 Å². The fourth-order valence-electron chi connectivity index (χ4n) is 4.75. The first kappa shape index (κ1) is 29.3. The first-order valence-corrected chi connectivity index (χ1v) is 13.5. The lowest BCUT2D eigenvalue weighted by Gasteiger charge is -2.30. The number of amides is 1. The number of methoxy groups -OCH3 is 3. The molecular formula is C28H30N4O8S. The number of aromatic hydroxyl groups is 1. The van der Waals surface area contributed by atoms with E-state index in [0.29, 0.717) is 46.2 Å². The molecule has 0 saturated carbocycles. The van der Waals surface area contributed by atoms with E-state index in [4.69, 9.17) is 14.2 Å². The number of hydrogen-bond donors (Lipinski definition) is 1. The van der Waals surface area contributed by atoms with Gasteiger partial charge in [-0.15, -0.1) is 0 Å². The van der Waals surface area contributed by atoms with Gasteiger partial charge >= 0.3 is 0 Å². The van der Waals surface area contributed by atoms with E-state index in [0.717, 1.165) is 23.5 Å². The van der Waals surface area contributed by atoms with Crippen LogP contribution in [-0.4, -0.2) is 59.8 Å². The first-order valence-electron chi connectivity index (χ1n) is 12.7. The van der Waals surface area contributed by atoms with Gasteiger partial charge in [0.15, 0.2) is 16.3 Å². The molecule has 216 valence electrons. The molecule has 0 spiro atoms. The number of carbonyl (C=O) groups excluding carboxylic acids is 1. The number of fused-ring (bicyclic) bond motifs is 1. The van der Waals surface area contributed by atoms with Crippen molar-refractivity contribution in [1.29, 1.82) is 0 Å². The standard InChI is InChI=1S/C28H30N4O8S/c1-7-30(8-2)27(35)23-15(3)29-28-31(24(23)19-14-18(38-4)9-10-20(19)39-5)26(34)22(41-28)12-16-11-17(32(36)37)13-21(40-6)25(16)33/h9-14,24,33H,7-8H2,1-6H3/b22-12-/t24-/m0/s1. The van der Waals surface area contributed by atoms with Crippen molar-refractivity contribution in [2.75, 3.05) is 34.4 Å². The van der Waals surface area contributed by atoms with Crippen molar-refractivity contribution in [3.05, 3.63) is 82.5 Å². The van der Waals surface area contributed by atoms with E-state index in [1.165, 1.54) is 32.0 Å². The van der Waals surface area contributed by atoms with E-state index >= 15 is 0 Å². The average molecular weight is 583 g/mol. The van der Waals surface area contributed by atoms with Crippen molar-refractivity contribution in [1.82, 2.24) is 9.47 Å². The predicted molar refractivity (Wildman–Crippen MR) is 153 cm³/mol. The molecule has 0 saturated heterocycles. The van der Waals surface area contributed by atoms with Crippen LogP contribution in [0.1, 0.15) is 37.9 Å². The summed E-state index contributed by atoms with van der Waals surface area (Å²) in [6, 6.07) is 6.46. The monoisotopic (exact) mass is 582 g/mol. The zero-order valence-corrected chi connectivity index (χ0v) is 24.3. The molecule has 3 aromatic rings. The minimum atomic E-state index is -0.917. The van der Waals surface area contributed by atoms with Crippen LogP contribution >= 0.6 is 11.3 Å². The Morgan fingerprint density at radius 2 is 1.83 bits per heavy atom. The van der Waals surface area contributed by atoms with Crippen LogP contribution in [0, 0.1) is 10.1 Å². The number of ether oxygens (including phenoxy) is 3. The molecule has 1 atom stereocenters. The second-order valence-electron chi connectivity index (χ2n) is 9.01. The molecule has 1 amide bonds. The Bertz CT molecular complexity index is 1740.